The van der Waals surface area contributed by atoms with Gasteiger partial charge in [-0.1, -0.05) is 6.07 Å². The van der Waals surface area contributed by atoms with Gasteiger partial charge >= 0.3 is 0 Å². The lowest BCUT2D eigenvalue weighted by atomic mass is 10.0. The highest BCUT2D eigenvalue weighted by atomic mass is 35.5. The summed E-state index contributed by atoms with van der Waals surface area (Å²) in [5.74, 6) is -0.795. The highest BCUT2D eigenvalue weighted by molar-refractivity contribution is 5.85. The number of hydrogen-bond donors (Lipinski definition) is 1. The Morgan fingerprint density at radius 2 is 1.81 bits per heavy atom. The SMILES string of the molecule is CC(c1ccc(F)cc1F)N1CCN(C(=O)C2CCC(N)C2)CC1.Cl.Cl. The van der Waals surface area contributed by atoms with Crippen LogP contribution in [0.25, 0.3) is 0 Å². The monoisotopic (exact) mass is 409 g/mol. The van der Waals surface area contributed by atoms with E-state index in [1.165, 1.54) is 12.1 Å². The number of carbonyl (C=O) groups excluding carboxylic acids is 1. The van der Waals surface area contributed by atoms with E-state index in [-0.39, 0.29) is 48.7 Å². The number of halogens is 4. The van der Waals surface area contributed by atoms with Crippen molar-refractivity contribution in [3.8, 4) is 0 Å². The Kier molecular flexibility index (Phi) is 8.73. The van der Waals surface area contributed by atoms with Crippen LogP contribution in [-0.2, 0) is 4.79 Å². The number of nitrogens with zero attached hydrogens (tertiary/aromatic N) is 2. The Hall–Kier alpha value is -0.950. The van der Waals surface area contributed by atoms with E-state index >= 15 is 0 Å². The van der Waals surface area contributed by atoms with Crippen molar-refractivity contribution in [1.82, 2.24) is 9.80 Å². The lowest BCUT2D eigenvalue weighted by molar-refractivity contribution is -0.137. The lowest BCUT2D eigenvalue weighted by Gasteiger charge is -2.39. The largest absolute Gasteiger partial charge is 0.340 e. The van der Waals surface area contributed by atoms with Crippen LogP contribution in [0.15, 0.2) is 18.2 Å². The molecule has 2 aliphatic rings. The summed E-state index contributed by atoms with van der Waals surface area (Å²) < 4.78 is 27.0. The van der Waals surface area contributed by atoms with Gasteiger partial charge in [0.25, 0.3) is 0 Å². The molecule has 0 bridgehead atoms. The van der Waals surface area contributed by atoms with E-state index in [0.29, 0.717) is 31.7 Å². The molecule has 2 N–H and O–H groups in total. The molecule has 8 heteroatoms. The maximum Gasteiger partial charge on any atom is 0.225 e. The second-order valence-electron chi connectivity index (χ2n) is 6.97. The molecule has 1 saturated carbocycles. The van der Waals surface area contributed by atoms with E-state index in [1.54, 1.807) is 0 Å². The Bertz CT molecular complexity index is 612. The fourth-order valence-electron chi connectivity index (χ4n) is 3.87. The minimum atomic E-state index is -0.561. The zero-order valence-electron chi connectivity index (χ0n) is 14.9. The molecule has 4 nitrogen and oxygen atoms in total. The zero-order valence-corrected chi connectivity index (χ0v) is 16.5. The van der Waals surface area contributed by atoms with Gasteiger partial charge in [0.1, 0.15) is 11.6 Å². The first-order chi connectivity index (χ1) is 11.5. The van der Waals surface area contributed by atoms with Crippen LogP contribution < -0.4 is 5.73 Å². The number of carbonyl (C=O) groups is 1. The second-order valence-corrected chi connectivity index (χ2v) is 6.97. The Morgan fingerprint density at radius 1 is 1.15 bits per heavy atom. The molecule has 3 rings (SSSR count). The summed E-state index contributed by atoms with van der Waals surface area (Å²) in [7, 11) is 0. The van der Waals surface area contributed by atoms with Gasteiger partial charge in [0.05, 0.1) is 0 Å². The first-order valence-corrected chi connectivity index (χ1v) is 8.69. The summed E-state index contributed by atoms with van der Waals surface area (Å²) in [6.45, 7) is 4.62. The summed E-state index contributed by atoms with van der Waals surface area (Å²) in [4.78, 5) is 16.6. The van der Waals surface area contributed by atoms with E-state index in [1.807, 2.05) is 11.8 Å². The maximum absolute atomic E-state index is 14.0. The van der Waals surface area contributed by atoms with Gasteiger partial charge < -0.3 is 10.6 Å². The van der Waals surface area contributed by atoms with Crippen LogP contribution >= 0.6 is 24.8 Å². The van der Waals surface area contributed by atoms with E-state index in [4.69, 9.17) is 5.73 Å². The normalized spacial score (nSPS) is 24.5. The summed E-state index contributed by atoms with van der Waals surface area (Å²) >= 11 is 0. The number of nitrogens with two attached hydrogens (primary N) is 1. The molecule has 1 aromatic rings. The van der Waals surface area contributed by atoms with E-state index < -0.39 is 11.6 Å². The Morgan fingerprint density at radius 3 is 2.35 bits per heavy atom. The quantitative estimate of drug-likeness (QED) is 0.833. The minimum absolute atomic E-state index is 0. The van der Waals surface area contributed by atoms with Crippen molar-refractivity contribution < 1.29 is 13.6 Å². The number of hydrogen-bond acceptors (Lipinski definition) is 3. The smallest absolute Gasteiger partial charge is 0.225 e. The van der Waals surface area contributed by atoms with Crippen LogP contribution in [0.5, 0.6) is 0 Å². The van der Waals surface area contributed by atoms with Crippen LogP contribution in [0.1, 0.15) is 37.8 Å². The highest BCUT2D eigenvalue weighted by Gasteiger charge is 2.33. The topological polar surface area (TPSA) is 49.6 Å². The standard InChI is InChI=1S/C18H25F2N3O.2ClH/c1-12(16-5-3-14(19)11-17(16)20)22-6-8-23(9-7-22)18(24)13-2-4-15(21)10-13;;/h3,5,11-13,15H,2,4,6-10,21H2,1H3;2*1H. The zero-order chi connectivity index (χ0) is 17.3. The second kappa shape index (κ2) is 9.83. The third-order valence-corrected chi connectivity index (χ3v) is 5.41. The van der Waals surface area contributed by atoms with Crippen molar-refractivity contribution >= 4 is 30.7 Å². The van der Waals surface area contributed by atoms with Gasteiger partial charge in [-0.3, -0.25) is 9.69 Å². The summed E-state index contributed by atoms with van der Waals surface area (Å²) in [6, 6.07) is 3.74. The van der Waals surface area contributed by atoms with Crippen LogP contribution in [0.4, 0.5) is 8.78 Å². The van der Waals surface area contributed by atoms with Crippen molar-refractivity contribution in [3.63, 3.8) is 0 Å². The molecular formula is C18H27Cl2F2N3O. The molecular weight excluding hydrogens is 383 g/mol. The maximum atomic E-state index is 14.0. The third kappa shape index (κ3) is 5.06. The Labute approximate surface area is 165 Å². The predicted molar refractivity (Wildman–Crippen MR) is 103 cm³/mol. The van der Waals surface area contributed by atoms with Crippen LogP contribution in [-0.4, -0.2) is 47.9 Å². The fraction of sp³-hybridized carbons (Fsp3) is 0.611. The van der Waals surface area contributed by atoms with Crippen LogP contribution in [0.3, 0.4) is 0 Å². The van der Waals surface area contributed by atoms with E-state index in [2.05, 4.69) is 4.90 Å². The molecule has 3 atom stereocenters. The number of rotatable bonds is 3. The average molecular weight is 410 g/mol. The fourth-order valence-corrected chi connectivity index (χ4v) is 3.87. The third-order valence-electron chi connectivity index (χ3n) is 5.41. The molecule has 0 aromatic heterocycles. The molecule has 1 aliphatic heterocycles. The van der Waals surface area contributed by atoms with Crippen molar-refractivity contribution in [2.75, 3.05) is 26.2 Å². The first kappa shape index (κ1) is 23.1. The van der Waals surface area contributed by atoms with Crippen LogP contribution in [0, 0.1) is 17.6 Å². The molecule has 2 fully saturated rings. The molecule has 26 heavy (non-hydrogen) atoms. The van der Waals surface area contributed by atoms with Crippen molar-refractivity contribution in [3.05, 3.63) is 35.4 Å². The molecule has 1 saturated heterocycles. The van der Waals surface area contributed by atoms with Gasteiger partial charge in [-0.2, -0.15) is 0 Å². The Balaban J connectivity index is 0.00000169. The number of amides is 1. The van der Waals surface area contributed by atoms with Gasteiger partial charge in [0, 0.05) is 55.8 Å². The van der Waals surface area contributed by atoms with Gasteiger partial charge in [0.2, 0.25) is 5.91 Å². The average Bonchev–Trinajstić information content (AvgIpc) is 3.00. The van der Waals surface area contributed by atoms with Gasteiger partial charge in [-0.15, -0.1) is 24.8 Å². The molecule has 3 unspecified atom stereocenters. The van der Waals surface area contributed by atoms with Gasteiger partial charge in [-0.05, 0) is 32.3 Å². The molecule has 1 aromatic carbocycles. The molecule has 148 valence electrons. The van der Waals surface area contributed by atoms with E-state index in [9.17, 15) is 13.6 Å². The van der Waals surface area contributed by atoms with Crippen LogP contribution in [0.2, 0.25) is 0 Å². The molecule has 0 radical (unpaired) electrons. The summed E-state index contributed by atoms with van der Waals surface area (Å²) in [5.41, 5.74) is 6.40. The first-order valence-electron chi connectivity index (χ1n) is 8.69. The van der Waals surface area contributed by atoms with E-state index in [0.717, 1.165) is 25.3 Å². The molecule has 1 amide bonds. The molecule has 1 aliphatic carbocycles. The summed E-state index contributed by atoms with van der Waals surface area (Å²) in [5, 5.41) is 0. The van der Waals surface area contributed by atoms with Gasteiger partial charge in [0.15, 0.2) is 0 Å². The highest BCUT2D eigenvalue weighted by Crippen LogP contribution is 2.28. The van der Waals surface area contributed by atoms with Crippen molar-refractivity contribution in [2.24, 2.45) is 11.7 Å². The van der Waals surface area contributed by atoms with Crippen molar-refractivity contribution in [2.45, 2.75) is 38.3 Å². The number of piperazine rings is 1. The number of benzene rings is 1. The van der Waals surface area contributed by atoms with Crippen molar-refractivity contribution in [1.29, 1.82) is 0 Å². The van der Waals surface area contributed by atoms with Gasteiger partial charge in [-0.25, -0.2) is 8.78 Å². The minimum Gasteiger partial charge on any atom is -0.340 e. The molecule has 1 heterocycles. The predicted octanol–water partition coefficient (Wildman–Crippen LogP) is 3.14. The lowest BCUT2D eigenvalue weighted by Crippen LogP contribution is -2.50. The summed E-state index contributed by atoms with van der Waals surface area (Å²) in [6.07, 6.45) is 2.60. The molecule has 0 spiro atoms.